The number of nitrogens with one attached hydrogen (secondary N) is 3. The number of hydrogen-bond donors (Lipinski definition) is 3. The van der Waals surface area contributed by atoms with Crippen molar-refractivity contribution in [3.8, 4) is 5.75 Å². The van der Waals surface area contributed by atoms with Crippen LogP contribution in [0.1, 0.15) is 77.2 Å². The molecule has 0 aliphatic carbocycles. The predicted molar refractivity (Wildman–Crippen MR) is 141 cm³/mol. The molecule has 0 atom stereocenters. The van der Waals surface area contributed by atoms with Gasteiger partial charge in [0.05, 0.1) is 6.61 Å². The number of hydrogen-bond acceptors (Lipinski definition) is 4. The zero-order valence-electron chi connectivity index (χ0n) is 21.2. The molecule has 36 heavy (non-hydrogen) atoms. The van der Waals surface area contributed by atoms with Crippen LogP contribution in [0.5, 0.6) is 5.75 Å². The molecule has 3 amide bonds. The Balaban J connectivity index is 1.52. The highest BCUT2D eigenvalue weighted by Gasteiger charge is 2.15. The van der Waals surface area contributed by atoms with Crippen LogP contribution in [0.15, 0.2) is 72.8 Å². The average Bonchev–Trinajstić information content (AvgIpc) is 2.87. The first kappa shape index (κ1) is 26.5. The van der Waals surface area contributed by atoms with E-state index in [0.717, 1.165) is 18.4 Å². The largest absolute Gasteiger partial charge is 0.494 e. The lowest BCUT2D eigenvalue weighted by Gasteiger charge is -2.19. The van der Waals surface area contributed by atoms with E-state index < -0.39 is 11.8 Å². The van der Waals surface area contributed by atoms with Crippen LogP contribution in [-0.2, 0) is 5.41 Å². The van der Waals surface area contributed by atoms with Gasteiger partial charge in [-0.15, -0.1) is 0 Å². The lowest BCUT2D eigenvalue weighted by atomic mass is 9.87. The maximum atomic E-state index is 12.6. The number of ether oxygens (including phenoxy) is 1. The van der Waals surface area contributed by atoms with Crippen molar-refractivity contribution in [2.75, 3.05) is 11.9 Å². The van der Waals surface area contributed by atoms with Gasteiger partial charge in [0.25, 0.3) is 17.7 Å². The Morgan fingerprint density at radius 1 is 0.750 bits per heavy atom. The van der Waals surface area contributed by atoms with Crippen LogP contribution >= 0.6 is 0 Å². The van der Waals surface area contributed by atoms with Gasteiger partial charge < -0.3 is 10.1 Å². The van der Waals surface area contributed by atoms with Crippen molar-refractivity contribution in [2.24, 2.45) is 0 Å². The van der Waals surface area contributed by atoms with E-state index in [0.29, 0.717) is 34.7 Å². The highest BCUT2D eigenvalue weighted by atomic mass is 16.5. The van der Waals surface area contributed by atoms with Crippen LogP contribution in [0.2, 0.25) is 0 Å². The second-order valence-electron chi connectivity index (χ2n) is 9.50. The Hall–Kier alpha value is -4.13. The summed E-state index contributed by atoms with van der Waals surface area (Å²) in [6.07, 6.45) is 1.95. The van der Waals surface area contributed by atoms with Crippen molar-refractivity contribution in [3.05, 3.63) is 95.1 Å². The minimum atomic E-state index is -0.477. The summed E-state index contributed by atoms with van der Waals surface area (Å²) in [7, 11) is 0. The summed E-state index contributed by atoms with van der Waals surface area (Å²) in [6, 6.07) is 20.7. The number of benzene rings is 3. The second-order valence-corrected chi connectivity index (χ2v) is 9.50. The van der Waals surface area contributed by atoms with E-state index in [9.17, 15) is 14.4 Å². The molecule has 0 aliphatic heterocycles. The molecule has 3 aromatic carbocycles. The molecule has 0 heterocycles. The molecule has 188 valence electrons. The molecule has 0 fully saturated rings. The minimum Gasteiger partial charge on any atom is -0.494 e. The summed E-state index contributed by atoms with van der Waals surface area (Å²) >= 11 is 0. The fourth-order valence-corrected chi connectivity index (χ4v) is 3.35. The van der Waals surface area contributed by atoms with Gasteiger partial charge in [0.1, 0.15) is 5.75 Å². The zero-order valence-corrected chi connectivity index (χ0v) is 21.2. The van der Waals surface area contributed by atoms with Crippen LogP contribution in [0.3, 0.4) is 0 Å². The van der Waals surface area contributed by atoms with Crippen LogP contribution in [0.25, 0.3) is 0 Å². The quantitative estimate of drug-likeness (QED) is 0.289. The fourth-order valence-electron chi connectivity index (χ4n) is 3.35. The Morgan fingerprint density at radius 3 is 1.94 bits per heavy atom. The summed E-state index contributed by atoms with van der Waals surface area (Å²) in [5.41, 5.74) is 7.79. The molecule has 0 saturated carbocycles. The van der Waals surface area contributed by atoms with Crippen molar-refractivity contribution in [1.82, 2.24) is 10.9 Å². The van der Waals surface area contributed by atoms with Gasteiger partial charge in [0, 0.05) is 22.4 Å². The maximum Gasteiger partial charge on any atom is 0.269 e. The molecule has 0 aromatic heterocycles. The number of rotatable bonds is 8. The third-order valence-corrected chi connectivity index (χ3v) is 5.57. The Kier molecular flexibility index (Phi) is 8.84. The monoisotopic (exact) mass is 487 g/mol. The first-order valence-corrected chi connectivity index (χ1v) is 12.0. The molecule has 0 aliphatic rings. The maximum absolute atomic E-state index is 12.6. The molecule has 3 N–H and O–H groups in total. The topological polar surface area (TPSA) is 96.5 Å². The average molecular weight is 488 g/mol. The molecule has 3 rings (SSSR count). The fraction of sp³-hybridized carbons (Fsp3) is 0.276. The van der Waals surface area contributed by atoms with Crippen molar-refractivity contribution in [3.63, 3.8) is 0 Å². The number of hydrazine groups is 1. The summed E-state index contributed by atoms with van der Waals surface area (Å²) in [5, 5.41) is 2.83. The number of carbonyl (C=O) groups excluding carboxylic acids is 3. The normalized spacial score (nSPS) is 10.9. The standard InChI is InChI=1S/C29H33N3O4/c1-5-6-18-36-25-9-7-8-22(19-25)28(35)32-31-27(34)21-12-16-24(17-13-21)30-26(33)20-10-14-23(15-11-20)29(2,3)4/h7-17,19H,5-6,18H2,1-4H3,(H,30,33)(H,31,34)(H,32,35). The number of unbranched alkanes of at least 4 members (excludes halogenated alkanes) is 1. The van der Waals surface area contributed by atoms with Gasteiger partial charge in [-0.2, -0.15) is 0 Å². The SMILES string of the molecule is CCCCOc1cccc(C(=O)NNC(=O)c2ccc(NC(=O)c3ccc(C(C)(C)C)cc3)cc2)c1. The van der Waals surface area contributed by atoms with Gasteiger partial charge in [0.2, 0.25) is 0 Å². The summed E-state index contributed by atoms with van der Waals surface area (Å²) < 4.78 is 5.62. The molecule has 0 unspecified atom stereocenters. The van der Waals surface area contributed by atoms with Crippen LogP contribution in [0, 0.1) is 0 Å². The van der Waals surface area contributed by atoms with Crippen molar-refractivity contribution in [2.45, 2.75) is 46.0 Å². The molecular weight excluding hydrogens is 454 g/mol. The predicted octanol–water partition coefficient (Wildman–Crippen LogP) is 5.49. The Labute approximate surface area is 212 Å². The molecule has 7 nitrogen and oxygen atoms in total. The van der Waals surface area contributed by atoms with Gasteiger partial charge in [-0.05, 0) is 72.0 Å². The van der Waals surface area contributed by atoms with Gasteiger partial charge in [-0.3, -0.25) is 25.2 Å². The van der Waals surface area contributed by atoms with Crippen molar-refractivity contribution in [1.29, 1.82) is 0 Å². The van der Waals surface area contributed by atoms with E-state index in [-0.39, 0.29) is 11.3 Å². The summed E-state index contributed by atoms with van der Waals surface area (Å²) in [5.74, 6) is -0.564. The van der Waals surface area contributed by atoms with Gasteiger partial charge in [-0.1, -0.05) is 52.3 Å². The summed E-state index contributed by atoms with van der Waals surface area (Å²) in [4.78, 5) is 37.4. The zero-order chi connectivity index (χ0) is 26.1. The van der Waals surface area contributed by atoms with E-state index in [1.165, 1.54) is 0 Å². The van der Waals surface area contributed by atoms with E-state index in [2.05, 4.69) is 43.9 Å². The van der Waals surface area contributed by atoms with Gasteiger partial charge in [-0.25, -0.2) is 0 Å². The van der Waals surface area contributed by atoms with Crippen LogP contribution in [0.4, 0.5) is 5.69 Å². The lowest BCUT2D eigenvalue weighted by molar-refractivity contribution is 0.0846. The molecular formula is C29H33N3O4. The highest BCUT2D eigenvalue weighted by molar-refractivity contribution is 6.04. The Bertz CT molecular complexity index is 1200. The number of anilines is 1. The third kappa shape index (κ3) is 7.43. The van der Waals surface area contributed by atoms with Crippen LogP contribution in [-0.4, -0.2) is 24.3 Å². The molecule has 0 saturated heterocycles. The molecule has 0 spiro atoms. The molecule has 7 heteroatoms. The number of amides is 3. The second kappa shape index (κ2) is 12.0. The van der Waals surface area contributed by atoms with E-state index in [1.54, 1.807) is 60.7 Å². The van der Waals surface area contributed by atoms with E-state index in [1.807, 2.05) is 12.1 Å². The van der Waals surface area contributed by atoms with E-state index >= 15 is 0 Å². The highest BCUT2D eigenvalue weighted by Crippen LogP contribution is 2.22. The van der Waals surface area contributed by atoms with Gasteiger partial charge >= 0.3 is 0 Å². The Morgan fingerprint density at radius 2 is 1.33 bits per heavy atom. The summed E-state index contributed by atoms with van der Waals surface area (Å²) in [6.45, 7) is 9.01. The first-order valence-electron chi connectivity index (χ1n) is 12.0. The van der Waals surface area contributed by atoms with E-state index in [4.69, 9.17) is 4.74 Å². The molecule has 0 bridgehead atoms. The smallest absolute Gasteiger partial charge is 0.269 e. The lowest BCUT2D eigenvalue weighted by Crippen LogP contribution is -2.41. The molecule has 0 radical (unpaired) electrons. The third-order valence-electron chi connectivity index (χ3n) is 5.57. The number of carbonyl (C=O) groups is 3. The van der Waals surface area contributed by atoms with Crippen molar-refractivity contribution >= 4 is 23.4 Å². The van der Waals surface area contributed by atoms with Crippen molar-refractivity contribution < 1.29 is 19.1 Å². The van der Waals surface area contributed by atoms with Gasteiger partial charge in [0.15, 0.2) is 0 Å². The van der Waals surface area contributed by atoms with Crippen LogP contribution < -0.4 is 20.9 Å². The minimum absolute atomic E-state index is 0.0115. The molecule has 3 aromatic rings. The first-order chi connectivity index (χ1) is 17.2.